The molecule has 2 aromatic rings. The van der Waals surface area contributed by atoms with Crippen LogP contribution in [0, 0.1) is 5.82 Å². The van der Waals surface area contributed by atoms with E-state index in [0.717, 1.165) is 0 Å². The second kappa shape index (κ2) is 4.41. The quantitative estimate of drug-likeness (QED) is 0.451. The van der Waals surface area contributed by atoms with Gasteiger partial charge in [0, 0.05) is 10.5 Å². The molecule has 0 unspecified atom stereocenters. The van der Waals surface area contributed by atoms with E-state index in [1.165, 1.54) is 24.3 Å². The zero-order valence-electron chi connectivity index (χ0n) is 8.04. The molecule has 0 aliphatic heterocycles. The highest BCUT2D eigenvalue weighted by atomic mass is 19.1. The third kappa shape index (κ3) is 2.15. The SMILES string of the molecule is [N-]=[N+]=NCc1nnc(-c2ccc(F)cc2)o1. The lowest BCUT2D eigenvalue weighted by Crippen LogP contribution is -1.78. The fraction of sp³-hybridized carbons (Fsp3) is 0.111. The lowest BCUT2D eigenvalue weighted by Gasteiger charge is -1.92. The fourth-order valence-electron chi connectivity index (χ4n) is 1.12. The van der Waals surface area contributed by atoms with E-state index >= 15 is 0 Å². The van der Waals surface area contributed by atoms with Crippen LogP contribution in [-0.2, 0) is 6.54 Å². The minimum Gasteiger partial charge on any atom is -0.421 e. The lowest BCUT2D eigenvalue weighted by molar-refractivity contribution is 0.508. The van der Waals surface area contributed by atoms with Crippen LogP contribution in [0.1, 0.15) is 5.89 Å². The van der Waals surface area contributed by atoms with Gasteiger partial charge >= 0.3 is 0 Å². The summed E-state index contributed by atoms with van der Waals surface area (Å²) in [5.41, 5.74) is 8.72. The van der Waals surface area contributed by atoms with Crippen molar-refractivity contribution in [3.63, 3.8) is 0 Å². The van der Waals surface area contributed by atoms with E-state index < -0.39 is 0 Å². The molecule has 6 nitrogen and oxygen atoms in total. The van der Waals surface area contributed by atoms with Crippen LogP contribution in [0.3, 0.4) is 0 Å². The van der Waals surface area contributed by atoms with Gasteiger partial charge in [-0.2, -0.15) is 0 Å². The predicted octanol–water partition coefficient (Wildman–Crippen LogP) is 2.69. The monoisotopic (exact) mass is 219 g/mol. The summed E-state index contributed by atoms with van der Waals surface area (Å²) in [6.45, 7) is 0.00466. The van der Waals surface area contributed by atoms with Crippen molar-refractivity contribution in [2.24, 2.45) is 5.11 Å². The van der Waals surface area contributed by atoms with E-state index in [2.05, 4.69) is 20.2 Å². The maximum Gasteiger partial charge on any atom is 0.247 e. The van der Waals surface area contributed by atoms with E-state index in [4.69, 9.17) is 9.95 Å². The normalized spacial score (nSPS) is 9.81. The summed E-state index contributed by atoms with van der Waals surface area (Å²) in [7, 11) is 0. The van der Waals surface area contributed by atoms with Crippen molar-refractivity contribution in [2.75, 3.05) is 0 Å². The summed E-state index contributed by atoms with van der Waals surface area (Å²) < 4.78 is 17.9. The Morgan fingerprint density at radius 2 is 2.06 bits per heavy atom. The first-order valence-electron chi connectivity index (χ1n) is 4.39. The molecule has 7 heteroatoms. The van der Waals surface area contributed by atoms with Crippen LogP contribution in [0.25, 0.3) is 21.9 Å². The van der Waals surface area contributed by atoms with E-state index in [-0.39, 0.29) is 24.1 Å². The Hall–Kier alpha value is -2.40. The van der Waals surface area contributed by atoms with Crippen molar-refractivity contribution in [3.05, 3.63) is 46.4 Å². The summed E-state index contributed by atoms with van der Waals surface area (Å²) >= 11 is 0. The zero-order chi connectivity index (χ0) is 11.4. The second-order valence-corrected chi connectivity index (χ2v) is 2.90. The lowest BCUT2D eigenvalue weighted by atomic mass is 10.2. The summed E-state index contributed by atoms with van der Waals surface area (Å²) in [6, 6.07) is 5.65. The Morgan fingerprint density at radius 1 is 1.31 bits per heavy atom. The predicted molar refractivity (Wildman–Crippen MR) is 52.5 cm³/mol. The molecular weight excluding hydrogens is 213 g/mol. The van der Waals surface area contributed by atoms with Crippen LogP contribution in [0.15, 0.2) is 33.8 Å². The van der Waals surface area contributed by atoms with Gasteiger partial charge in [-0.25, -0.2) is 4.39 Å². The minimum atomic E-state index is -0.336. The van der Waals surface area contributed by atoms with E-state index in [1.54, 1.807) is 0 Å². The van der Waals surface area contributed by atoms with Crippen LogP contribution in [-0.4, -0.2) is 10.2 Å². The molecule has 0 saturated carbocycles. The molecule has 80 valence electrons. The topological polar surface area (TPSA) is 87.7 Å². The number of azide groups is 1. The molecule has 0 radical (unpaired) electrons. The van der Waals surface area contributed by atoms with Crippen LogP contribution in [0.4, 0.5) is 4.39 Å². The molecule has 1 heterocycles. The average molecular weight is 219 g/mol. The molecule has 0 fully saturated rings. The smallest absolute Gasteiger partial charge is 0.247 e. The van der Waals surface area contributed by atoms with Gasteiger partial charge in [0.1, 0.15) is 12.4 Å². The zero-order valence-corrected chi connectivity index (χ0v) is 8.04. The maximum absolute atomic E-state index is 12.7. The van der Waals surface area contributed by atoms with Gasteiger partial charge in [0.05, 0.1) is 0 Å². The molecule has 1 aromatic heterocycles. The van der Waals surface area contributed by atoms with Gasteiger partial charge in [-0.15, -0.1) is 10.2 Å². The Kier molecular flexibility index (Phi) is 2.79. The summed E-state index contributed by atoms with van der Waals surface area (Å²) in [4.78, 5) is 2.57. The first-order valence-corrected chi connectivity index (χ1v) is 4.39. The molecule has 16 heavy (non-hydrogen) atoms. The Balaban J connectivity index is 2.24. The minimum absolute atomic E-state index is 0.00466. The van der Waals surface area contributed by atoms with Gasteiger partial charge in [0.2, 0.25) is 11.8 Å². The first-order chi connectivity index (χ1) is 7.79. The van der Waals surface area contributed by atoms with Gasteiger partial charge in [-0.05, 0) is 29.8 Å². The van der Waals surface area contributed by atoms with Crippen molar-refractivity contribution in [1.29, 1.82) is 0 Å². The van der Waals surface area contributed by atoms with Gasteiger partial charge < -0.3 is 4.42 Å². The Morgan fingerprint density at radius 3 is 2.75 bits per heavy atom. The highest BCUT2D eigenvalue weighted by Gasteiger charge is 2.07. The van der Waals surface area contributed by atoms with Crippen molar-refractivity contribution < 1.29 is 8.81 Å². The van der Waals surface area contributed by atoms with E-state index in [0.29, 0.717) is 5.56 Å². The van der Waals surface area contributed by atoms with Crippen molar-refractivity contribution >= 4 is 0 Å². The highest BCUT2D eigenvalue weighted by molar-refractivity contribution is 5.51. The highest BCUT2D eigenvalue weighted by Crippen LogP contribution is 2.18. The van der Waals surface area contributed by atoms with Crippen LogP contribution in [0.5, 0.6) is 0 Å². The fourth-order valence-corrected chi connectivity index (χ4v) is 1.12. The molecule has 0 spiro atoms. The molecule has 0 bridgehead atoms. The van der Waals surface area contributed by atoms with Crippen molar-refractivity contribution in [3.8, 4) is 11.5 Å². The molecule has 0 aliphatic rings. The number of halogens is 1. The number of rotatable bonds is 3. The second-order valence-electron chi connectivity index (χ2n) is 2.90. The van der Waals surface area contributed by atoms with Crippen LogP contribution >= 0.6 is 0 Å². The number of benzene rings is 1. The Labute approximate surface area is 89.4 Å². The van der Waals surface area contributed by atoms with Crippen molar-refractivity contribution in [2.45, 2.75) is 6.54 Å². The third-order valence-corrected chi connectivity index (χ3v) is 1.83. The van der Waals surface area contributed by atoms with Gasteiger partial charge in [0.25, 0.3) is 0 Å². The summed E-state index contributed by atoms with van der Waals surface area (Å²) in [5, 5.41) is 10.7. The average Bonchev–Trinajstić information content (AvgIpc) is 2.76. The van der Waals surface area contributed by atoms with Crippen LogP contribution in [0.2, 0.25) is 0 Å². The standard InChI is InChI=1S/C9H6FN5O/c10-7-3-1-6(2-4-7)9-14-13-8(16-9)5-12-15-11/h1-4H,5H2. The molecule has 0 amide bonds. The molecule has 0 N–H and O–H groups in total. The largest absolute Gasteiger partial charge is 0.421 e. The number of nitrogens with zero attached hydrogens (tertiary/aromatic N) is 5. The summed E-state index contributed by atoms with van der Waals surface area (Å²) in [6.07, 6.45) is 0. The third-order valence-electron chi connectivity index (χ3n) is 1.83. The molecule has 0 atom stereocenters. The van der Waals surface area contributed by atoms with Crippen LogP contribution < -0.4 is 0 Å². The molecule has 2 rings (SSSR count). The summed E-state index contributed by atoms with van der Waals surface area (Å²) in [5.74, 6) is 0.151. The van der Waals surface area contributed by atoms with Gasteiger partial charge in [-0.1, -0.05) is 5.11 Å². The molecule has 0 saturated heterocycles. The number of aromatic nitrogens is 2. The number of hydrogen-bond donors (Lipinski definition) is 0. The Bertz CT molecular complexity index is 529. The first kappa shape index (κ1) is 10.1. The molecule has 0 aliphatic carbocycles. The van der Waals surface area contributed by atoms with Gasteiger partial charge in [-0.3, -0.25) is 0 Å². The molecule has 1 aromatic carbocycles. The van der Waals surface area contributed by atoms with E-state index in [9.17, 15) is 4.39 Å². The van der Waals surface area contributed by atoms with Crippen molar-refractivity contribution in [1.82, 2.24) is 10.2 Å². The molecular formula is C9H6FN5O. The number of hydrogen-bond acceptors (Lipinski definition) is 4. The maximum atomic E-state index is 12.7. The van der Waals surface area contributed by atoms with Gasteiger partial charge in [0.15, 0.2) is 0 Å². The van der Waals surface area contributed by atoms with E-state index in [1.807, 2.05) is 0 Å².